The molecule has 1 saturated heterocycles. The second-order valence-corrected chi connectivity index (χ2v) is 7.17. The van der Waals surface area contributed by atoms with Crippen molar-refractivity contribution < 1.29 is 5.11 Å². The van der Waals surface area contributed by atoms with E-state index in [1.54, 1.807) is 11.3 Å². The highest BCUT2D eigenvalue weighted by molar-refractivity contribution is 7.99. The van der Waals surface area contributed by atoms with Crippen molar-refractivity contribution >= 4 is 23.1 Å². The molecule has 1 atom stereocenters. The van der Waals surface area contributed by atoms with Gasteiger partial charge >= 0.3 is 0 Å². The van der Waals surface area contributed by atoms with E-state index in [0.717, 1.165) is 16.7 Å². The average molecular weight is 281 g/mol. The zero-order valence-electron chi connectivity index (χ0n) is 10.7. The van der Waals surface area contributed by atoms with Gasteiger partial charge in [-0.05, 0) is 12.1 Å². The van der Waals surface area contributed by atoms with Crippen molar-refractivity contribution in [1.29, 1.82) is 0 Å². The third kappa shape index (κ3) is 4.33. The Morgan fingerprint density at radius 3 is 3.17 bits per heavy atom. The molecule has 1 aromatic heterocycles. The molecular weight excluding hydrogens is 262 g/mol. The highest BCUT2D eigenvalue weighted by atomic mass is 32.2. The van der Waals surface area contributed by atoms with Crippen molar-refractivity contribution in [2.45, 2.75) is 25.1 Å². The quantitative estimate of drug-likeness (QED) is 0.861. The minimum atomic E-state index is 0.147. The molecule has 2 rings (SSSR count). The van der Waals surface area contributed by atoms with Crippen LogP contribution in [0.15, 0.2) is 12.1 Å². The Bertz CT molecular complexity index is 432. The Balaban J connectivity index is 1.88. The zero-order valence-corrected chi connectivity index (χ0v) is 12.3. The van der Waals surface area contributed by atoms with Gasteiger partial charge in [0.05, 0.1) is 11.5 Å². The molecule has 18 heavy (non-hydrogen) atoms. The van der Waals surface area contributed by atoms with Gasteiger partial charge in [0, 0.05) is 41.9 Å². The standard InChI is InChI=1S/C14H19NOS2/c1-12-10-15(7-9-17-12)11-14-6-5-13(18-14)4-2-3-8-16/h5-6,12,16H,3,7-11H2,1H3. The molecule has 2 heterocycles. The van der Waals surface area contributed by atoms with Crippen LogP contribution in [0.5, 0.6) is 0 Å². The van der Waals surface area contributed by atoms with Crippen LogP contribution >= 0.6 is 23.1 Å². The van der Waals surface area contributed by atoms with Crippen LogP contribution in [-0.2, 0) is 6.54 Å². The van der Waals surface area contributed by atoms with E-state index < -0.39 is 0 Å². The molecule has 0 radical (unpaired) electrons. The molecule has 98 valence electrons. The van der Waals surface area contributed by atoms with Crippen LogP contribution in [0.4, 0.5) is 0 Å². The molecule has 1 fully saturated rings. The maximum atomic E-state index is 8.68. The molecule has 0 aromatic carbocycles. The highest BCUT2D eigenvalue weighted by Gasteiger charge is 2.16. The Hall–Kier alpha value is -0.470. The first-order valence-electron chi connectivity index (χ1n) is 6.30. The largest absolute Gasteiger partial charge is 0.395 e. The van der Waals surface area contributed by atoms with Crippen molar-refractivity contribution in [1.82, 2.24) is 4.90 Å². The highest BCUT2D eigenvalue weighted by Crippen LogP contribution is 2.22. The summed E-state index contributed by atoms with van der Waals surface area (Å²) in [4.78, 5) is 5.03. The fourth-order valence-corrected chi connectivity index (χ4v) is 4.00. The van der Waals surface area contributed by atoms with Crippen molar-refractivity contribution in [3.05, 3.63) is 21.9 Å². The van der Waals surface area contributed by atoms with E-state index in [1.165, 1.54) is 23.7 Å². The summed E-state index contributed by atoms with van der Waals surface area (Å²) in [6.45, 7) is 5.88. The fourth-order valence-electron chi connectivity index (χ4n) is 1.99. The molecule has 4 heteroatoms. The smallest absolute Gasteiger partial charge is 0.0771 e. The normalized spacial score (nSPS) is 20.4. The molecule has 0 bridgehead atoms. The van der Waals surface area contributed by atoms with Crippen LogP contribution in [-0.4, -0.2) is 40.7 Å². The summed E-state index contributed by atoms with van der Waals surface area (Å²) in [5.74, 6) is 7.31. The summed E-state index contributed by atoms with van der Waals surface area (Å²) < 4.78 is 0. The third-order valence-corrected chi connectivity index (χ3v) is 4.94. The second kappa shape index (κ2) is 7.20. The molecule has 0 spiro atoms. The Labute approximate surface area is 117 Å². The lowest BCUT2D eigenvalue weighted by Gasteiger charge is -2.29. The Morgan fingerprint density at radius 2 is 2.39 bits per heavy atom. The first kappa shape index (κ1) is 14.0. The molecule has 1 aliphatic heterocycles. The van der Waals surface area contributed by atoms with Crippen LogP contribution in [0.2, 0.25) is 0 Å². The van der Waals surface area contributed by atoms with E-state index in [1.807, 2.05) is 0 Å². The minimum Gasteiger partial charge on any atom is -0.395 e. The van der Waals surface area contributed by atoms with Crippen LogP contribution < -0.4 is 0 Å². The van der Waals surface area contributed by atoms with E-state index >= 15 is 0 Å². The second-order valence-electron chi connectivity index (χ2n) is 4.46. The fraction of sp³-hybridized carbons (Fsp3) is 0.571. The van der Waals surface area contributed by atoms with E-state index in [-0.39, 0.29) is 6.61 Å². The first-order valence-corrected chi connectivity index (χ1v) is 8.17. The Morgan fingerprint density at radius 1 is 1.50 bits per heavy atom. The number of aliphatic hydroxyl groups excluding tert-OH is 1. The predicted molar refractivity (Wildman–Crippen MR) is 80.1 cm³/mol. The van der Waals surface area contributed by atoms with Gasteiger partial charge in [-0.25, -0.2) is 0 Å². The van der Waals surface area contributed by atoms with E-state index in [9.17, 15) is 0 Å². The summed E-state index contributed by atoms with van der Waals surface area (Å²) in [6.07, 6.45) is 0.564. The lowest BCUT2D eigenvalue weighted by molar-refractivity contribution is 0.281. The van der Waals surface area contributed by atoms with Gasteiger partial charge in [-0.2, -0.15) is 11.8 Å². The lowest BCUT2D eigenvalue weighted by Crippen LogP contribution is -2.35. The lowest BCUT2D eigenvalue weighted by atomic mass is 10.3. The minimum absolute atomic E-state index is 0.147. The van der Waals surface area contributed by atoms with Crippen LogP contribution in [0, 0.1) is 11.8 Å². The van der Waals surface area contributed by atoms with Crippen LogP contribution in [0.1, 0.15) is 23.1 Å². The zero-order chi connectivity index (χ0) is 12.8. The van der Waals surface area contributed by atoms with E-state index in [4.69, 9.17) is 5.11 Å². The maximum absolute atomic E-state index is 8.68. The third-order valence-electron chi connectivity index (χ3n) is 2.81. The molecule has 0 amide bonds. The monoisotopic (exact) mass is 281 g/mol. The Kier molecular flexibility index (Phi) is 5.58. The van der Waals surface area contributed by atoms with Gasteiger partial charge in [0.15, 0.2) is 0 Å². The number of aliphatic hydroxyl groups is 1. The van der Waals surface area contributed by atoms with Crippen molar-refractivity contribution in [2.75, 3.05) is 25.4 Å². The van der Waals surface area contributed by atoms with E-state index in [0.29, 0.717) is 6.42 Å². The molecule has 1 aromatic rings. The van der Waals surface area contributed by atoms with Gasteiger partial charge in [-0.15, -0.1) is 11.3 Å². The molecule has 0 aliphatic carbocycles. The number of thiophene rings is 1. The molecule has 2 nitrogen and oxygen atoms in total. The van der Waals surface area contributed by atoms with Crippen molar-refractivity contribution in [3.63, 3.8) is 0 Å². The number of hydrogen-bond acceptors (Lipinski definition) is 4. The number of thioether (sulfide) groups is 1. The van der Waals surface area contributed by atoms with Crippen LogP contribution in [0.3, 0.4) is 0 Å². The summed E-state index contributed by atoms with van der Waals surface area (Å²) in [6, 6.07) is 4.27. The number of hydrogen-bond donors (Lipinski definition) is 1. The molecule has 1 aliphatic rings. The summed E-state index contributed by atoms with van der Waals surface area (Å²) in [5, 5.41) is 9.44. The molecule has 0 saturated carbocycles. The van der Waals surface area contributed by atoms with Crippen molar-refractivity contribution in [2.24, 2.45) is 0 Å². The average Bonchev–Trinajstić information content (AvgIpc) is 2.77. The van der Waals surface area contributed by atoms with E-state index in [2.05, 4.69) is 47.6 Å². The van der Waals surface area contributed by atoms with Crippen molar-refractivity contribution in [3.8, 4) is 11.8 Å². The summed E-state index contributed by atoms with van der Waals surface area (Å²) >= 11 is 3.84. The summed E-state index contributed by atoms with van der Waals surface area (Å²) in [5.41, 5.74) is 0. The van der Waals surface area contributed by atoms with Gasteiger partial charge < -0.3 is 5.11 Å². The predicted octanol–water partition coefficient (Wildman–Crippen LogP) is 2.42. The molecular formula is C14H19NOS2. The van der Waals surface area contributed by atoms with Gasteiger partial charge in [-0.3, -0.25) is 4.90 Å². The molecule has 1 unspecified atom stereocenters. The first-order chi connectivity index (χ1) is 8.78. The SMILES string of the molecule is CC1CN(Cc2ccc(C#CCCO)s2)CCS1. The van der Waals surface area contributed by atoms with Crippen LogP contribution in [0.25, 0.3) is 0 Å². The molecule has 1 N–H and O–H groups in total. The number of nitrogens with zero attached hydrogens (tertiary/aromatic N) is 1. The van der Waals surface area contributed by atoms with Gasteiger partial charge in [-0.1, -0.05) is 18.8 Å². The topological polar surface area (TPSA) is 23.5 Å². The number of rotatable bonds is 3. The summed E-state index contributed by atoms with van der Waals surface area (Å²) in [7, 11) is 0. The maximum Gasteiger partial charge on any atom is 0.0771 e. The van der Waals surface area contributed by atoms with Gasteiger partial charge in [0.2, 0.25) is 0 Å². The van der Waals surface area contributed by atoms with Gasteiger partial charge in [0.1, 0.15) is 0 Å². The van der Waals surface area contributed by atoms with Gasteiger partial charge in [0.25, 0.3) is 0 Å².